The number of para-hydroxylation sites is 1. The molecule has 2 amide bonds. The molecule has 6 nitrogen and oxygen atoms in total. The third-order valence-electron chi connectivity index (χ3n) is 3.71. The first kappa shape index (κ1) is 18.5. The summed E-state index contributed by atoms with van der Waals surface area (Å²) in [6.07, 6.45) is 1.40. The van der Waals surface area contributed by atoms with Crippen molar-refractivity contribution >= 4 is 23.2 Å². The van der Waals surface area contributed by atoms with Gasteiger partial charge >= 0.3 is 0 Å². The Kier molecular flexibility index (Phi) is 6.54. The summed E-state index contributed by atoms with van der Waals surface area (Å²) in [6, 6.07) is 13.2. The SMILES string of the molecule is CCCC(N)C(=O)Nc1ccccc1C(=O)Nc1ccc(OC)cc1. The van der Waals surface area contributed by atoms with E-state index in [-0.39, 0.29) is 11.8 Å². The molecular weight excluding hydrogens is 318 g/mol. The number of nitrogens with one attached hydrogen (secondary N) is 2. The second-order valence-electron chi connectivity index (χ2n) is 5.61. The lowest BCUT2D eigenvalue weighted by molar-refractivity contribution is -0.117. The quantitative estimate of drug-likeness (QED) is 0.721. The van der Waals surface area contributed by atoms with Gasteiger partial charge in [-0.3, -0.25) is 9.59 Å². The van der Waals surface area contributed by atoms with Crippen LogP contribution >= 0.6 is 0 Å². The van der Waals surface area contributed by atoms with Gasteiger partial charge < -0.3 is 21.1 Å². The average molecular weight is 341 g/mol. The Morgan fingerprint density at radius 2 is 1.76 bits per heavy atom. The summed E-state index contributed by atoms with van der Waals surface area (Å²) in [5.41, 5.74) is 7.27. The number of carbonyl (C=O) groups excluding carboxylic acids is 2. The van der Waals surface area contributed by atoms with Gasteiger partial charge in [0.25, 0.3) is 5.91 Å². The molecule has 2 aromatic rings. The molecule has 0 saturated heterocycles. The highest BCUT2D eigenvalue weighted by Gasteiger charge is 2.17. The maximum absolute atomic E-state index is 12.5. The molecule has 0 aromatic heterocycles. The van der Waals surface area contributed by atoms with Crippen LogP contribution in [0.3, 0.4) is 0 Å². The van der Waals surface area contributed by atoms with Crippen molar-refractivity contribution in [3.63, 3.8) is 0 Å². The standard InChI is InChI=1S/C19H23N3O3/c1-3-6-16(20)19(24)22-17-8-5-4-7-15(17)18(23)21-13-9-11-14(25-2)12-10-13/h4-5,7-12,16H,3,6,20H2,1-2H3,(H,21,23)(H,22,24). The van der Waals surface area contributed by atoms with Gasteiger partial charge in [0.05, 0.1) is 24.4 Å². The van der Waals surface area contributed by atoms with Crippen LogP contribution in [0, 0.1) is 0 Å². The molecule has 132 valence electrons. The van der Waals surface area contributed by atoms with Crippen LogP contribution in [-0.2, 0) is 4.79 Å². The third kappa shape index (κ3) is 5.06. The van der Waals surface area contributed by atoms with Crippen molar-refractivity contribution in [1.29, 1.82) is 0 Å². The van der Waals surface area contributed by atoms with E-state index >= 15 is 0 Å². The van der Waals surface area contributed by atoms with Crippen molar-refractivity contribution in [1.82, 2.24) is 0 Å². The number of rotatable bonds is 7. The molecule has 0 aliphatic carbocycles. The maximum atomic E-state index is 12.5. The van der Waals surface area contributed by atoms with Gasteiger partial charge in [-0.05, 0) is 42.8 Å². The molecule has 2 aromatic carbocycles. The smallest absolute Gasteiger partial charge is 0.257 e. The van der Waals surface area contributed by atoms with Crippen molar-refractivity contribution in [2.45, 2.75) is 25.8 Å². The summed E-state index contributed by atoms with van der Waals surface area (Å²) in [5.74, 6) is 0.0900. The van der Waals surface area contributed by atoms with E-state index in [1.54, 1.807) is 55.6 Å². The fraction of sp³-hybridized carbons (Fsp3) is 0.263. The Balaban J connectivity index is 2.12. The van der Waals surface area contributed by atoms with Gasteiger partial charge in [-0.2, -0.15) is 0 Å². The molecule has 0 heterocycles. The van der Waals surface area contributed by atoms with Crippen LogP contribution in [-0.4, -0.2) is 25.0 Å². The Bertz CT molecular complexity index is 729. The Morgan fingerprint density at radius 1 is 1.08 bits per heavy atom. The normalized spacial score (nSPS) is 11.5. The van der Waals surface area contributed by atoms with Crippen LogP contribution in [0.15, 0.2) is 48.5 Å². The van der Waals surface area contributed by atoms with Gasteiger partial charge in [0, 0.05) is 5.69 Å². The van der Waals surface area contributed by atoms with Gasteiger partial charge in [-0.25, -0.2) is 0 Å². The second-order valence-corrected chi connectivity index (χ2v) is 5.61. The van der Waals surface area contributed by atoms with E-state index in [0.29, 0.717) is 29.1 Å². The van der Waals surface area contributed by atoms with Crippen molar-refractivity contribution < 1.29 is 14.3 Å². The zero-order valence-electron chi connectivity index (χ0n) is 14.4. The number of nitrogens with two attached hydrogens (primary N) is 1. The first-order valence-corrected chi connectivity index (χ1v) is 8.16. The summed E-state index contributed by atoms with van der Waals surface area (Å²) >= 11 is 0. The zero-order chi connectivity index (χ0) is 18.2. The first-order valence-electron chi connectivity index (χ1n) is 8.16. The zero-order valence-corrected chi connectivity index (χ0v) is 14.4. The summed E-state index contributed by atoms with van der Waals surface area (Å²) < 4.78 is 5.09. The number of anilines is 2. The molecule has 6 heteroatoms. The van der Waals surface area contributed by atoms with E-state index in [4.69, 9.17) is 10.5 Å². The van der Waals surface area contributed by atoms with E-state index in [1.165, 1.54) is 0 Å². The minimum atomic E-state index is -0.595. The first-order chi connectivity index (χ1) is 12.0. The lowest BCUT2D eigenvalue weighted by Gasteiger charge is -2.14. The number of methoxy groups -OCH3 is 1. The fourth-order valence-corrected chi connectivity index (χ4v) is 2.33. The van der Waals surface area contributed by atoms with Crippen LogP contribution in [0.5, 0.6) is 5.75 Å². The average Bonchev–Trinajstić information content (AvgIpc) is 2.63. The van der Waals surface area contributed by atoms with Gasteiger partial charge in [0.2, 0.25) is 5.91 Å². The minimum Gasteiger partial charge on any atom is -0.497 e. The number of hydrogen-bond donors (Lipinski definition) is 3. The monoisotopic (exact) mass is 341 g/mol. The number of ether oxygens (including phenoxy) is 1. The number of hydrogen-bond acceptors (Lipinski definition) is 4. The molecule has 1 unspecified atom stereocenters. The Hall–Kier alpha value is -2.86. The molecular formula is C19H23N3O3. The van der Waals surface area contributed by atoms with E-state index in [2.05, 4.69) is 10.6 Å². The van der Waals surface area contributed by atoms with Gasteiger partial charge in [0.15, 0.2) is 0 Å². The molecule has 0 aliphatic rings. The van der Waals surface area contributed by atoms with Crippen molar-refractivity contribution in [2.24, 2.45) is 5.73 Å². The predicted octanol–water partition coefficient (Wildman–Crippen LogP) is 3.01. The summed E-state index contributed by atoms with van der Waals surface area (Å²) in [4.78, 5) is 24.7. The van der Waals surface area contributed by atoms with Crippen molar-refractivity contribution in [3.8, 4) is 5.75 Å². The molecule has 0 fully saturated rings. The summed E-state index contributed by atoms with van der Waals surface area (Å²) in [6.45, 7) is 1.96. The molecule has 0 radical (unpaired) electrons. The van der Waals surface area contributed by atoms with Crippen LogP contribution in [0.25, 0.3) is 0 Å². The molecule has 2 rings (SSSR count). The molecule has 1 atom stereocenters. The maximum Gasteiger partial charge on any atom is 0.257 e. The van der Waals surface area contributed by atoms with Crippen LogP contribution in [0.1, 0.15) is 30.1 Å². The minimum absolute atomic E-state index is 0.299. The third-order valence-corrected chi connectivity index (χ3v) is 3.71. The lowest BCUT2D eigenvalue weighted by atomic mass is 10.1. The Morgan fingerprint density at radius 3 is 2.40 bits per heavy atom. The predicted molar refractivity (Wildman–Crippen MR) is 98.9 cm³/mol. The van der Waals surface area contributed by atoms with E-state index in [0.717, 1.165) is 6.42 Å². The van der Waals surface area contributed by atoms with Crippen LogP contribution in [0.2, 0.25) is 0 Å². The lowest BCUT2D eigenvalue weighted by Crippen LogP contribution is -2.35. The highest BCUT2D eigenvalue weighted by molar-refractivity contribution is 6.10. The highest BCUT2D eigenvalue weighted by atomic mass is 16.5. The summed E-state index contributed by atoms with van der Waals surface area (Å²) in [5, 5.41) is 5.54. The van der Waals surface area contributed by atoms with Crippen LogP contribution in [0.4, 0.5) is 11.4 Å². The van der Waals surface area contributed by atoms with E-state index in [1.807, 2.05) is 6.92 Å². The molecule has 0 spiro atoms. The molecule has 4 N–H and O–H groups in total. The number of benzene rings is 2. The van der Waals surface area contributed by atoms with Crippen molar-refractivity contribution in [3.05, 3.63) is 54.1 Å². The topological polar surface area (TPSA) is 93.5 Å². The van der Waals surface area contributed by atoms with Crippen LogP contribution < -0.4 is 21.1 Å². The number of carbonyl (C=O) groups is 2. The molecule has 0 aliphatic heterocycles. The van der Waals surface area contributed by atoms with Crippen molar-refractivity contribution in [2.75, 3.05) is 17.7 Å². The molecule has 0 bridgehead atoms. The van der Waals surface area contributed by atoms with E-state index in [9.17, 15) is 9.59 Å². The Labute approximate surface area is 147 Å². The highest BCUT2D eigenvalue weighted by Crippen LogP contribution is 2.19. The largest absolute Gasteiger partial charge is 0.497 e. The second kappa shape index (κ2) is 8.84. The fourth-order valence-electron chi connectivity index (χ4n) is 2.33. The van der Waals surface area contributed by atoms with Gasteiger partial charge in [0.1, 0.15) is 5.75 Å². The molecule has 25 heavy (non-hydrogen) atoms. The van der Waals surface area contributed by atoms with Gasteiger partial charge in [-0.15, -0.1) is 0 Å². The molecule has 0 saturated carbocycles. The number of amides is 2. The van der Waals surface area contributed by atoms with Gasteiger partial charge in [-0.1, -0.05) is 25.5 Å². The van der Waals surface area contributed by atoms with E-state index < -0.39 is 6.04 Å². The summed E-state index contributed by atoms with van der Waals surface area (Å²) in [7, 11) is 1.58.